The third kappa shape index (κ3) is 39.3. The molecule has 0 spiro atoms. The van der Waals surface area contributed by atoms with Crippen LogP contribution in [0.1, 0.15) is 156 Å². The zero-order chi connectivity index (χ0) is 94.4. The second-order valence-corrected chi connectivity index (χ2v) is 33.1. The monoisotopic (exact) mass is 1800 g/mol. The number of phenols is 1. The van der Waals surface area contributed by atoms with Crippen LogP contribution >= 0.6 is 11.8 Å². The lowest BCUT2D eigenvalue weighted by Crippen LogP contribution is -2.61. The first kappa shape index (κ1) is 106. The fourth-order valence-electron chi connectivity index (χ4n) is 13.3. The topological polar surface area (TPSA) is 651 Å². The van der Waals surface area contributed by atoms with Gasteiger partial charge in [-0.2, -0.15) is 0 Å². The maximum atomic E-state index is 15.2. The number of hydrogen-bond donors (Lipinski definition) is 21. The average molecular weight is 1810 g/mol. The first-order valence-electron chi connectivity index (χ1n) is 42.7. The number of aromatic hydroxyl groups is 1. The number of nitrogens with two attached hydrogens (primary N) is 1. The van der Waals surface area contributed by atoms with Gasteiger partial charge in [-0.05, 0) is 96.7 Å². The minimum Gasteiger partial charge on any atom is -0.508 e. The quantitative estimate of drug-likeness (QED) is 0.00763. The largest absolute Gasteiger partial charge is 0.508 e. The maximum absolute atomic E-state index is 15.2. The lowest BCUT2D eigenvalue weighted by molar-refractivity contribution is -0.142. The van der Waals surface area contributed by atoms with E-state index in [-0.39, 0.29) is 102 Å². The molecule has 0 bridgehead atoms. The number of unbranched alkanes of at least 4 members (excludes halogenated alkanes) is 4. The normalized spacial score (nSPS) is 22.3. The van der Waals surface area contributed by atoms with E-state index in [1.807, 2.05) is 44.2 Å². The Bertz CT molecular complexity index is 4410. The Morgan fingerprint density at radius 2 is 1.05 bits per heavy atom. The Kier molecular flexibility index (Phi) is 46.4. The molecule has 1 saturated heterocycles. The van der Waals surface area contributed by atoms with Gasteiger partial charge in [0, 0.05) is 61.5 Å². The number of amides is 14. The summed E-state index contributed by atoms with van der Waals surface area (Å²) in [4.78, 5) is 239. The van der Waals surface area contributed by atoms with Crippen molar-refractivity contribution in [2.75, 3.05) is 50.9 Å². The molecule has 1 unspecified atom stereocenters. The number of H-pyrrole nitrogens is 1. The Balaban J connectivity index is 1.63. The van der Waals surface area contributed by atoms with E-state index >= 15 is 4.79 Å². The lowest BCUT2D eigenvalue weighted by Gasteiger charge is -2.29. The molecule has 0 aliphatic carbocycles. The predicted molar refractivity (Wildman–Crippen MR) is 472 cm³/mol. The van der Waals surface area contributed by atoms with Crippen LogP contribution in [-0.2, 0) is 101 Å². The number of azide groups is 1. The summed E-state index contributed by atoms with van der Waals surface area (Å²) in [6, 6.07) is 2.52. The van der Waals surface area contributed by atoms with Crippen molar-refractivity contribution in [3.8, 4) is 16.9 Å². The van der Waals surface area contributed by atoms with Crippen LogP contribution in [0.15, 0.2) is 96.5 Å². The fraction of sp³-hybridized carbons (Fsp3) is 0.553. The second kappa shape index (κ2) is 56.2. The number of benzene rings is 3. The molecule has 1 fully saturated rings. The molecule has 42 nitrogen and oxygen atoms in total. The highest BCUT2D eigenvalue weighted by atomic mass is 32.2. The number of aliphatic carboxylic acids is 2. The van der Waals surface area contributed by atoms with E-state index in [1.165, 1.54) is 43.7 Å². The number of carboxylic acids is 2. The lowest BCUT2D eigenvalue weighted by atomic mass is 9.98. The number of imidazole rings is 1. The summed E-state index contributed by atoms with van der Waals surface area (Å²) < 4.78 is 5.57. The SMILES string of the molecule is CCCCC[C@@H]1NC(=O)[C@H](CCCNC(=N)N)NC(=O)[C@H](C)NC(=O)CSC[C@@H](C(=O)NCC(C)COCCN=[N+]=[N-])NC(=O)[C@H](CC(=O)O)NC(=O)[C@H](CCCCC)NC(=O)[C@H](Cc2ccc(-c3ccccc3)cc2)NC(=O)[C@H](CC(C)C)NC(=O)[C@H](C(C)C)NC(=O)CNC(=O)[C@H](CC(=O)O)NC(=O)[C@H](Cc2cnc[nH]2)NC(=O)[C@H](Cc2ccc(O)cc2)NC1=O. The molecule has 13 atom stereocenters. The first-order valence-corrected chi connectivity index (χ1v) is 43.9. The maximum Gasteiger partial charge on any atom is 0.305 e. The van der Waals surface area contributed by atoms with Crippen LogP contribution in [0.2, 0.25) is 0 Å². The molecule has 2 heterocycles. The van der Waals surface area contributed by atoms with Crippen molar-refractivity contribution in [2.45, 2.75) is 231 Å². The number of carboxylic acid groups (broad SMARTS) is 2. The smallest absolute Gasteiger partial charge is 0.305 e. The van der Waals surface area contributed by atoms with Crippen molar-refractivity contribution in [3.05, 3.63) is 119 Å². The van der Waals surface area contributed by atoms with Crippen LogP contribution in [0, 0.1) is 23.2 Å². The average Bonchev–Trinajstić information content (AvgIpc) is 1.36. The Labute approximate surface area is 746 Å². The number of rotatable bonds is 34. The van der Waals surface area contributed by atoms with Crippen molar-refractivity contribution in [1.29, 1.82) is 5.41 Å². The van der Waals surface area contributed by atoms with Crippen LogP contribution in [0.3, 0.4) is 0 Å². The number of aromatic amines is 1. The molecule has 3 aromatic carbocycles. The number of carbonyl (C=O) groups excluding carboxylic acids is 14. The van der Waals surface area contributed by atoms with Crippen molar-refractivity contribution >= 4 is 112 Å². The van der Waals surface area contributed by atoms with Gasteiger partial charge in [-0.1, -0.05) is 159 Å². The number of nitrogens with one attached hydrogen (secondary N) is 17. The number of nitrogens with zero attached hydrogens (tertiary/aromatic N) is 4. The molecule has 4 aromatic rings. The highest BCUT2D eigenvalue weighted by molar-refractivity contribution is 8.00. The Morgan fingerprint density at radius 1 is 0.570 bits per heavy atom. The molecule has 43 heteroatoms. The van der Waals surface area contributed by atoms with E-state index in [4.69, 9.17) is 21.4 Å². The van der Waals surface area contributed by atoms with Gasteiger partial charge < -0.3 is 111 Å². The molecular weight excluding hydrogens is 1680 g/mol. The summed E-state index contributed by atoms with van der Waals surface area (Å²) in [5.41, 5.74) is 17.0. The highest BCUT2D eigenvalue weighted by Crippen LogP contribution is 2.22. The van der Waals surface area contributed by atoms with E-state index in [2.05, 4.69) is 99.7 Å². The summed E-state index contributed by atoms with van der Waals surface area (Å²) in [5, 5.41) is 80.6. The number of aromatic nitrogens is 2. The van der Waals surface area contributed by atoms with Crippen molar-refractivity contribution in [1.82, 2.24) is 89.7 Å². The molecule has 1 aliphatic rings. The minimum absolute atomic E-state index is 0.0106. The summed E-state index contributed by atoms with van der Waals surface area (Å²) in [5.74, 6) is -20.2. The van der Waals surface area contributed by atoms with Crippen LogP contribution in [0.4, 0.5) is 0 Å². The molecule has 14 amide bonds. The third-order valence-corrected chi connectivity index (χ3v) is 21.3. The number of ether oxygens (including phenoxy) is 1. The molecule has 700 valence electrons. The van der Waals surface area contributed by atoms with Crippen LogP contribution < -0.4 is 85.5 Å². The second-order valence-electron chi connectivity index (χ2n) is 32.0. The number of thioether (sulfide) groups is 1. The highest BCUT2D eigenvalue weighted by Gasteiger charge is 2.39. The Hall–Kier alpha value is -12.9. The van der Waals surface area contributed by atoms with Crippen LogP contribution in [-0.4, -0.2) is 249 Å². The van der Waals surface area contributed by atoms with Crippen molar-refractivity contribution < 1.29 is 96.8 Å². The van der Waals surface area contributed by atoms with E-state index in [0.29, 0.717) is 43.2 Å². The number of phenolic OH excluding ortho intramolecular Hbond substituents is 1. The van der Waals surface area contributed by atoms with Gasteiger partial charge in [-0.3, -0.25) is 82.1 Å². The molecule has 0 radical (unpaired) electrons. The molecule has 1 aliphatic heterocycles. The van der Waals surface area contributed by atoms with Gasteiger partial charge in [0.05, 0.1) is 44.7 Å². The first-order chi connectivity index (χ1) is 61.0. The van der Waals surface area contributed by atoms with Gasteiger partial charge in [-0.15, -0.1) is 11.8 Å². The van der Waals surface area contributed by atoms with Crippen molar-refractivity contribution in [2.24, 2.45) is 28.6 Å². The zero-order valence-electron chi connectivity index (χ0n) is 73.3. The van der Waals surface area contributed by atoms with E-state index in [0.717, 1.165) is 22.9 Å². The summed E-state index contributed by atoms with van der Waals surface area (Å²) in [7, 11) is 0. The van der Waals surface area contributed by atoms with Gasteiger partial charge in [0.15, 0.2) is 5.96 Å². The predicted octanol–water partition coefficient (Wildman–Crippen LogP) is 0.665. The van der Waals surface area contributed by atoms with E-state index < -0.39 is 222 Å². The van der Waals surface area contributed by atoms with Gasteiger partial charge in [0.2, 0.25) is 82.7 Å². The minimum atomic E-state index is -1.97. The van der Waals surface area contributed by atoms with Gasteiger partial charge in [0.1, 0.15) is 78.3 Å². The summed E-state index contributed by atoms with van der Waals surface area (Å²) in [6.45, 7) is 12.5. The zero-order valence-corrected chi connectivity index (χ0v) is 74.2. The molecule has 5 rings (SSSR count). The van der Waals surface area contributed by atoms with Crippen molar-refractivity contribution in [3.63, 3.8) is 0 Å². The van der Waals surface area contributed by atoms with Crippen LogP contribution in [0.5, 0.6) is 5.75 Å². The number of hydrogen-bond acceptors (Lipinski definition) is 22. The summed E-state index contributed by atoms with van der Waals surface area (Å²) >= 11 is 0.775. The fourth-order valence-corrected chi connectivity index (χ4v) is 14.2. The molecule has 0 saturated carbocycles. The van der Waals surface area contributed by atoms with Gasteiger partial charge in [-0.25, -0.2) is 4.98 Å². The number of carbonyl (C=O) groups is 16. The Morgan fingerprint density at radius 3 is 1.55 bits per heavy atom. The standard InChI is InChI=1S/C85H124N22O20S/c1-9-11-14-21-58-77(119)99-63(37-53-26-30-57(108)31-27-53)81(123)101-64(38-56-42-89-47-93-56)82(124)102-65(39-70(111)112)74(116)92-43-68(109)106-72(49(5)6)84(126)104-61(35-48(3)4)79(121)100-62(36-52-24-28-55(29-25-52)54-19-16-13-17-20-54)80(122)98-59(22-15-12-10-2)78(120)103-66(40-71(113)114)83(125)105-67(75(117)91-41-50(7)44-127-34-33-94-107-88)45-128-46-69(110)95-51(8)73(115)96-60(76(118)97-58)23-18-32-90-85(86)87/h13,16-17,19-20,24-31,42,47-51,58-67,72,108H,9-12,14-15,18,21-23,32-41,43-46H2,1-8H3,(H,89,93)(H,91,117)(H,92,116)(H,95,110)(H,96,115)(H,97,118)(H,98,122)(H,99,119)(H,100,121)(H,101,123)(H,102,124)(H,103,120)(H,104,126)(H,105,125)(H,106,109)(H,111,112)(H,113,114)(H4,86,87,90)/t50?,51-,58-,59-,60-,61-,62-,63-,64-,65-,66-,67-,72-/m0/s1. The molecule has 128 heavy (non-hydrogen) atoms. The van der Waals surface area contributed by atoms with E-state index in [9.17, 15) is 87.2 Å². The van der Waals surface area contributed by atoms with Gasteiger partial charge in [0.25, 0.3) is 0 Å². The summed E-state index contributed by atoms with van der Waals surface area (Å²) in [6.07, 6.45) is 1.92. The third-order valence-electron chi connectivity index (χ3n) is 20.2. The molecule has 1 aromatic heterocycles. The molecule has 22 N–H and O–H groups in total. The van der Waals surface area contributed by atoms with Gasteiger partial charge >= 0.3 is 11.9 Å². The molecular formula is C85H124N22O20S. The van der Waals surface area contributed by atoms with Crippen LogP contribution in [0.25, 0.3) is 21.6 Å². The number of guanidine groups is 1. The van der Waals surface area contributed by atoms with E-state index in [1.54, 1.807) is 58.9 Å².